The molecule has 0 spiro atoms. The lowest BCUT2D eigenvalue weighted by Gasteiger charge is -2.15. The van der Waals surface area contributed by atoms with Gasteiger partial charge >= 0.3 is 0 Å². The number of nitrogens with one attached hydrogen (secondary N) is 2. The van der Waals surface area contributed by atoms with E-state index in [1.165, 1.54) is 15.0 Å². The molecule has 4 heteroatoms. The maximum Gasteiger partial charge on any atom is 0.107 e. The largest absolute Gasteiger partial charge is 0.349 e. The first kappa shape index (κ1) is 13.3. The average molecular weight is 285 g/mol. The zero-order chi connectivity index (χ0) is 13.8. The molecule has 0 aliphatic heterocycles. The molecular weight excluding hydrogens is 266 g/mol. The molecule has 0 fully saturated rings. The van der Waals surface area contributed by atoms with Crippen LogP contribution in [0.25, 0.3) is 10.1 Å². The summed E-state index contributed by atoms with van der Waals surface area (Å²) in [6.07, 6.45) is 5.74. The minimum absolute atomic E-state index is 0.332. The van der Waals surface area contributed by atoms with Crippen LogP contribution in [0.15, 0.2) is 42.7 Å². The van der Waals surface area contributed by atoms with Crippen molar-refractivity contribution in [2.24, 2.45) is 0 Å². The zero-order valence-electron chi connectivity index (χ0n) is 11.6. The SMILES string of the molecule is CCCNC(Cc1ncc[nH]1)c1cc2ccccc2s1. The number of aromatic nitrogens is 2. The van der Waals surface area contributed by atoms with Gasteiger partial charge in [0.05, 0.1) is 0 Å². The molecule has 0 amide bonds. The van der Waals surface area contributed by atoms with E-state index < -0.39 is 0 Å². The number of thiophene rings is 1. The van der Waals surface area contributed by atoms with Gasteiger partial charge in [0.2, 0.25) is 0 Å². The quantitative estimate of drug-likeness (QED) is 0.721. The smallest absolute Gasteiger partial charge is 0.107 e. The van der Waals surface area contributed by atoms with Crippen LogP contribution in [-0.2, 0) is 6.42 Å². The van der Waals surface area contributed by atoms with E-state index in [2.05, 4.69) is 52.5 Å². The highest BCUT2D eigenvalue weighted by Gasteiger charge is 2.15. The van der Waals surface area contributed by atoms with Gasteiger partial charge in [-0.05, 0) is 30.5 Å². The maximum atomic E-state index is 4.35. The zero-order valence-corrected chi connectivity index (χ0v) is 12.4. The van der Waals surface area contributed by atoms with E-state index in [0.29, 0.717) is 6.04 Å². The van der Waals surface area contributed by atoms with Crippen LogP contribution in [0.4, 0.5) is 0 Å². The summed E-state index contributed by atoms with van der Waals surface area (Å²) in [7, 11) is 0. The molecule has 0 radical (unpaired) electrons. The van der Waals surface area contributed by atoms with Gasteiger partial charge in [-0.3, -0.25) is 0 Å². The second-order valence-electron chi connectivity index (χ2n) is 4.93. The predicted molar refractivity (Wildman–Crippen MR) is 85.2 cm³/mol. The summed E-state index contributed by atoms with van der Waals surface area (Å²) in [4.78, 5) is 8.94. The van der Waals surface area contributed by atoms with Gasteiger partial charge in [-0.15, -0.1) is 11.3 Å². The van der Waals surface area contributed by atoms with E-state index in [0.717, 1.165) is 25.2 Å². The van der Waals surface area contributed by atoms with Gasteiger partial charge in [0.1, 0.15) is 5.82 Å². The van der Waals surface area contributed by atoms with Gasteiger partial charge in [0.25, 0.3) is 0 Å². The summed E-state index contributed by atoms with van der Waals surface area (Å²) >= 11 is 1.87. The van der Waals surface area contributed by atoms with Crippen LogP contribution in [0.5, 0.6) is 0 Å². The Morgan fingerprint density at radius 1 is 1.35 bits per heavy atom. The number of benzene rings is 1. The highest BCUT2D eigenvalue weighted by atomic mass is 32.1. The van der Waals surface area contributed by atoms with Crippen LogP contribution in [0.1, 0.15) is 30.1 Å². The topological polar surface area (TPSA) is 40.7 Å². The summed E-state index contributed by atoms with van der Waals surface area (Å²) in [6.45, 7) is 3.22. The molecule has 2 heterocycles. The number of aromatic amines is 1. The Bertz CT molecular complexity index is 624. The molecule has 2 aromatic heterocycles. The first-order valence-corrected chi connectivity index (χ1v) is 7.88. The lowest BCUT2D eigenvalue weighted by Crippen LogP contribution is -2.23. The number of imidazole rings is 1. The summed E-state index contributed by atoms with van der Waals surface area (Å²) in [6, 6.07) is 11.2. The van der Waals surface area contributed by atoms with Crippen molar-refractivity contribution in [2.75, 3.05) is 6.54 Å². The molecule has 0 aliphatic carbocycles. The fourth-order valence-electron chi connectivity index (χ4n) is 2.37. The predicted octanol–water partition coefficient (Wildman–Crippen LogP) is 3.91. The molecule has 3 aromatic rings. The number of nitrogens with zero attached hydrogens (tertiary/aromatic N) is 1. The minimum Gasteiger partial charge on any atom is -0.349 e. The Labute approximate surface area is 123 Å². The molecule has 0 saturated carbocycles. The number of fused-ring (bicyclic) bond motifs is 1. The highest BCUT2D eigenvalue weighted by Crippen LogP contribution is 2.31. The van der Waals surface area contributed by atoms with Crippen LogP contribution < -0.4 is 5.32 Å². The normalized spacial score (nSPS) is 12.8. The third kappa shape index (κ3) is 2.92. The van der Waals surface area contributed by atoms with Crippen molar-refractivity contribution in [3.05, 3.63) is 53.4 Å². The molecule has 2 N–H and O–H groups in total. The third-order valence-corrected chi connectivity index (χ3v) is 4.61. The van der Waals surface area contributed by atoms with Crippen LogP contribution in [0.3, 0.4) is 0 Å². The van der Waals surface area contributed by atoms with Crippen molar-refractivity contribution in [3.63, 3.8) is 0 Å². The van der Waals surface area contributed by atoms with Gasteiger partial charge in [-0.25, -0.2) is 4.98 Å². The molecule has 104 valence electrons. The van der Waals surface area contributed by atoms with Crippen molar-refractivity contribution >= 4 is 21.4 Å². The van der Waals surface area contributed by atoms with Crippen LogP contribution in [-0.4, -0.2) is 16.5 Å². The molecular formula is C16H19N3S. The summed E-state index contributed by atoms with van der Waals surface area (Å²) < 4.78 is 1.35. The molecule has 20 heavy (non-hydrogen) atoms. The second-order valence-corrected chi connectivity index (χ2v) is 6.05. The molecule has 3 nitrogen and oxygen atoms in total. The van der Waals surface area contributed by atoms with Crippen molar-refractivity contribution < 1.29 is 0 Å². The highest BCUT2D eigenvalue weighted by molar-refractivity contribution is 7.19. The molecule has 1 unspecified atom stereocenters. The fourth-order valence-corrected chi connectivity index (χ4v) is 3.51. The molecule has 1 atom stereocenters. The summed E-state index contributed by atoms with van der Waals surface area (Å²) in [5.41, 5.74) is 0. The van der Waals surface area contributed by atoms with Crippen molar-refractivity contribution in [2.45, 2.75) is 25.8 Å². The lowest BCUT2D eigenvalue weighted by atomic mass is 10.1. The molecule has 0 aliphatic rings. The van der Waals surface area contributed by atoms with E-state index in [1.54, 1.807) is 0 Å². The first-order valence-electron chi connectivity index (χ1n) is 7.07. The maximum absolute atomic E-state index is 4.35. The minimum atomic E-state index is 0.332. The number of hydrogen-bond acceptors (Lipinski definition) is 3. The van der Waals surface area contributed by atoms with Crippen LogP contribution in [0.2, 0.25) is 0 Å². The van der Waals surface area contributed by atoms with Crippen molar-refractivity contribution in [1.82, 2.24) is 15.3 Å². The van der Waals surface area contributed by atoms with Gasteiger partial charge in [0.15, 0.2) is 0 Å². The average Bonchev–Trinajstić information content (AvgIpc) is 3.12. The Hall–Kier alpha value is -1.65. The Kier molecular flexibility index (Phi) is 4.14. The Morgan fingerprint density at radius 3 is 3.00 bits per heavy atom. The number of H-pyrrole nitrogens is 1. The van der Waals surface area contributed by atoms with Gasteiger partial charge in [-0.2, -0.15) is 0 Å². The Balaban J connectivity index is 1.87. The molecule has 3 rings (SSSR count). The van der Waals surface area contributed by atoms with Crippen molar-refractivity contribution in [3.8, 4) is 0 Å². The lowest BCUT2D eigenvalue weighted by molar-refractivity contribution is 0.527. The molecule has 1 aromatic carbocycles. The van der Waals surface area contributed by atoms with Gasteiger partial charge in [0, 0.05) is 34.4 Å². The fraction of sp³-hybridized carbons (Fsp3) is 0.312. The van der Waals surface area contributed by atoms with E-state index in [-0.39, 0.29) is 0 Å². The molecule has 0 saturated heterocycles. The van der Waals surface area contributed by atoms with E-state index in [4.69, 9.17) is 0 Å². The Morgan fingerprint density at radius 2 is 2.25 bits per heavy atom. The summed E-state index contributed by atoms with van der Waals surface area (Å²) in [5.74, 6) is 1.04. The van der Waals surface area contributed by atoms with Gasteiger partial charge in [-0.1, -0.05) is 25.1 Å². The van der Waals surface area contributed by atoms with E-state index >= 15 is 0 Å². The second kappa shape index (κ2) is 6.20. The van der Waals surface area contributed by atoms with Crippen molar-refractivity contribution in [1.29, 1.82) is 0 Å². The van der Waals surface area contributed by atoms with E-state index in [1.807, 2.05) is 23.7 Å². The standard InChI is InChI=1S/C16H19N3S/c1-2-7-17-13(11-16-18-8-9-19-16)15-10-12-5-3-4-6-14(12)20-15/h3-6,8-10,13,17H,2,7,11H2,1H3,(H,18,19). The monoisotopic (exact) mass is 285 g/mol. The van der Waals surface area contributed by atoms with E-state index in [9.17, 15) is 0 Å². The van der Waals surface area contributed by atoms with Gasteiger partial charge < -0.3 is 10.3 Å². The summed E-state index contributed by atoms with van der Waals surface area (Å²) in [5, 5.41) is 4.96. The number of hydrogen-bond donors (Lipinski definition) is 2. The van der Waals surface area contributed by atoms with Crippen LogP contribution in [0, 0.1) is 0 Å². The first-order chi connectivity index (χ1) is 9.86. The van der Waals surface area contributed by atoms with Crippen LogP contribution >= 0.6 is 11.3 Å². The molecule has 0 bridgehead atoms. The number of rotatable bonds is 6. The third-order valence-electron chi connectivity index (χ3n) is 3.38.